The highest BCUT2D eigenvalue weighted by atomic mass is 16.6. The predicted molar refractivity (Wildman–Crippen MR) is 183 cm³/mol. The van der Waals surface area contributed by atoms with Gasteiger partial charge in [0.1, 0.15) is 17.0 Å². The summed E-state index contributed by atoms with van der Waals surface area (Å²) < 4.78 is 6.73. The van der Waals surface area contributed by atoms with Crippen molar-refractivity contribution < 1.29 is 14.5 Å². The first-order valence-corrected chi connectivity index (χ1v) is 15.7. The van der Waals surface area contributed by atoms with Crippen LogP contribution in [0.1, 0.15) is 60.3 Å². The second-order valence-corrected chi connectivity index (χ2v) is 11.2. The molecular weight excluding hydrogens is 578 g/mol. The monoisotopic (exact) mass is 615 g/mol. The Hall–Kier alpha value is -5.44. The number of carbonyl (C=O) groups is 1. The van der Waals surface area contributed by atoms with E-state index in [-0.39, 0.29) is 11.6 Å². The number of allylic oxidation sites excluding steroid dienone is 1. The Morgan fingerprint density at radius 2 is 1.37 bits per heavy atom. The van der Waals surface area contributed by atoms with Gasteiger partial charge in [-0.2, -0.15) is 5.10 Å². The lowest BCUT2D eigenvalue weighted by Gasteiger charge is -2.42. The lowest BCUT2D eigenvalue weighted by molar-refractivity contribution is -0.384. The molecule has 6 rings (SSSR count). The maximum Gasteiger partial charge on any atom is 0.275 e. The van der Waals surface area contributed by atoms with Gasteiger partial charge in [0.25, 0.3) is 11.6 Å². The van der Waals surface area contributed by atoms with Gasteiger partial charge in [-0.15, -0.1) is 0 Å². The highest BCUT2D eigenvalue weighted by molar-refractivity contribution is 6.02. The van der Waals surface area contributed by atoms with Crippen molar-refractivity contribution in [2.75, 3.05) is 36.0 Å². The van der Waals surface area contributed by atoms with E-state index in [0.717, 1.165) is 59.8 Å². The fourth-order valence-electron chi connectivity index (χ4n) is 6.61. The van der Waals surface area contributed by atoms with E-state index < -0.39 is 10.5 Å². The van der Waals surface area contributed by atoms with E-state index >= 15 is 0 Å². The van der Waals surface area contributed by atoms with Crippen LogP contribution < -0.4 is 14.5 Å². The minimum Gasteiger partial charge on any atom is -0.456 e. The minimum absolute atomic E-state index is 0.0262. The van der Waals surface area contributed by atoms with Gasteiger partial charge in [0.05, 0.1) is 4.92 Å². The molecule has 0 saturated carbocycles. The molecule has 9 nitrogen and oxygen atoms in total. The number of hydrogen-bond acceptors (Lipinski definition) is 7. The third-order valence-electron chi connectivity index (χ3n) is 8.91. The van der Waals surface area contributed by atoms with Crippen molar-refractivity contribution in [1.82, 2.24) is 5.01 Å². The summed E-state index contributed by atoms with van der Waals surface area (Å²) in [5, 5.41) is 17.4. The number of carbonyl (C=O) groups excluding carboxylic acids is 1. The predicted octanol–water partition coefficient (Wildman–Crippen LogP) is 7.84. The molecular formula is C37H37N5O4. The van der Waals surface area contributed by atoms with Crippen molar-refractivity contribution in [3.63, 3.8) is 0 Å². The zero-order valence-corrected chi connectivity index (χ0v) is 26.5. The van der Waals surface area contributed by atoms with Crippen LogP contribution in [0.3, 0.4) is 0 Å². The van der Waals surface area contributed by atoms with Gasteiger partial charge in [0.15, 0.2) is 0 Å². The lowest BCUT2D eigenvalue weighted by Crippen LogP contribution is -2.44. The molecule has 0 aliphatic carbocycles. The lowest BCUT2D eigenvalue weighted by atomic mass is 9.75. The van der Waals surface area contributed by atoms with Crippen LogP contribution in [-0.4, -0.2) is 48.2 Å². The van der Waals surface area contributed by atoms with E-state index in [1.165, 1.54) is 12.1 Å². The summed E-state index contributed by atoms with van der Waals surface area (Å²) in [6.07, 6.45) is 5.13. The molecule has 1 amide bonds. The maximum absolute atomic E-state index is 14.3. The number of benzene rings is 4. The molecule has 4 aromatic carbocycles. The van der Waals surface area contributed by atoms with Crippen LogP contribution in [0.25, 0.3) is 6.08 Å². The molecule has 4 aromatic rings. The van der Waals surface area contributed by atoms with Gasteiger partial charge in [-0.1, -0.05) is 36.4 Å². The van der Waals surface area contributed by atoms with E-state index in [1.807, 2.05) is 24.3 Å². The van der Waals surface area contributed by atoms with E-state index in [1.54, 1.807) is 35.5 Å². The highest BCUT2D eigenvalue weighted by Gasteiger charge is 2.57. The van der Waals surface area contributed by atoms with Crippen LogP contribution in [0.5, 0.6) is 11.5 Å². The number of non-ortho nitro benzene ring substituents is 1. The van der Waals surface area contributed by atoms with Gasteiger partial charge < -0.3 is 14.5 Å². The molecule has 0 aromatic heterocycles. The molecule has 234 valence electrons. The molecule has 2 aliphatic rings. The van der Waals surface area contributed by atoms with Gasteiger partial charge in [-0.3, -0.25) is 14.9 Å². The topological polar surface area (TPSA) is 91.5 Å². The smallest absolute Gasteiger partial charge is 0.275 e. The first kappa shape index (κ1) is 30.6. The molecule has 0 saturated heterocycles. The fraction of sp³-hybridized carbons (Fsp3) is 0.243. The Bertz CT molecular complexity index is 1780. The van der Waals surface area contributed by atoms with Crippen molar-refractivity contribution in [2.24, 2.45) is 5.10 Å². The largest absolute Gasteiger partial charge is 0.456 e. The number of nitro benzene ring substituents is 1. The fourth-order valence-corrected chi connectivity index (χ4v) is 6.61. The first-order valence-electron chi connectivity index (χ1n) is 15.7. The number of hydrazone groups is 1. The number of ether oxygens (including phenoxy) is 1. The third-order valence-corrected chi connectivity index (χ3v) is 8.91. The Balaban J connectivity index is 1.53. The molecule has 0 bridgehead atoms. The Kier molecular flexibility index (Phi) is 8.32. The minimum atomic E-state index is -1.07. The van der Waals surface area contributed by atoms with Crippen molar-refractivity contribution in [3.8, 4) is 11.5 Å². The van der Waals surface area contributed by atoms with E-state index in [4.69, 9.17) is 9.84 Å². The summed E-state index contributed by atoms with van der Waals surface area (Å²) in [7, 11) is 0. The maximum atomic E-state index is 14.3. The molecule has 0 unspecified atom stereocenters. The summed E-state index contributed by atoms with van der Waals surface area (Å²) in [5.41, 5.74) is 4.91. The van der Waals surface area contributed by atoms with E-state index in [2.05, 4.69) is 73.9 Å². The van der Waals surface area contributed by atoms with Gasteiger partial charge in [-0.25, -0.2) is 5.01 Å². The Labute approximate surface area is 269 Å². The molecule has 1 spiro atoms. The van der Waals surface area contributed by atoms with Crippen molar-refractivity contribution in [1.29, 1.82) is 0 Å². The number of nitrogens with zero attached hydrogens (tertiary/aromatic N) is 5. The number of fused-ring (bicyclic) bond motifs is 6. The molecule has 0 radical (unpaired) electrons. The number of nitro groups is 1. The Morgan fingerprint density at radius 3 is 1.91 bits per heavy atom. The Morgan fingerprint density at radius 1 is 0.804 bits per heavy atom. The summed E-state index contributed by atoms with van der Waals surface area (Å²) in [6.45, 7) is 11.9. The van der Waals surface area contributed by atoms with E-state index in [0.29, 0.717) is 17.1 Å². The van der Waals surface area contributed by atoms with Crippen LogP contribution in [0.2, 0.25) is 0 Å². The second kappa shape index (κ2) is 12.5. The van der Waals surface area contributed by atoms with Crippen molar-refractivity contribution in [3.05, 3.63) is 129 Å². The first-order chi connectivity index (χ1) is 22.4. The molecule has 0 N–H and O–H groups in total. The highest BCUT2D eigenvalue weighted by Crippen LogP contribution is 2.58. The molecule has 9 heteroatoms. The third kappa shape index (κ3) is 4.98. The number of anilines is 2. The quantitative estimate of drug-likeness (QED) is 0.103. The van der Waals surface area contributed by atoms with E-state index in [9.17, 15) is 14.9 Å². The van der Waals surface area contributed by atoms with Gasteiger partial charge in [0.2, 0.25) is 0 Å². The zero-order chi connectivity index (χ0) is 32.4. The van der Waals surface area contributed by atoms with Crippen LogP contribution in [0.4, 0.5) is 17.1 Å². The zero-order valence-electron chi connectivity index (χ0n) is 26.5. The standard InChI is InChI=1S/C37H37N5O4/c1-5-39(6-2)28-19-21-32-34(24-28)46-35-25-29(40(7-3)8-4)20-22-33(35)37(32)31-14-10-9-13-30(31)36(43)41(37)38-23-11-12-26-15-17-27(18-16-26)42(44)45/h9-25H,5-8H2,1-4H3/b12-11+,38-23+. The molecule has 0 atom stereocenters. The summed E-state index contributed by atoms with van der Waals surface area (Å²) in [5.74, 6) is 1.15. The average Bonchev–Trinajstić information content (AvgIpc) is 3.32. The molecule has 0 fully saturated rings. The van der Waals surface area contributed by atoms with Crippen LogP contribution in [0.15, 0.2) is 96.1 Å². The summed E-state index contributed by atoms with van der Waals surface area (Å²) >= 11 is 0. The normalized spacial score (nSPS) is 14.3. The number of rotatable bonds is 10. The van der Waals surface area contributed by atoms with Crippen molar-refractivity contribution in [2.45, 2.75) is 33.2 Å². The molecule has 2 heterocycles. The summed E-state index contributed by atoms with van der Waals surface area (Å²) in [4.78, 5) is 29.4. The molecule has 2 aliphatic heterocycles. The molecule has 46 heavy (non-hydrogen) atoms. The summed E-state index contributed by atoms with van der Waals surface area (Å²) in [6, 6.07) is 26.4. The SMILES string of the molecule is CCN(CC)c1ccc2c(c1)Oc1cc(N(CC)CC)ccc1C21c2ccccc2C(=O)N1/N=C/C=C/c1ccc([N+](=O)[O-])cc1. The average molecular weight is 616 g/mol. The number of hydrogen-bond donors (Lipinski definition) is 0. The number of amides is 1. The van der Waals surface area contributed by atoms with Gasteiger partial charge in [0, 0.05) is 90.3 Å². The van der Waals surface area contributed by atoms with Crippen LogP contribution >= 0.6 is 0 Å². The van der Waals surface area contributed by atoms with Crippen molar-refractivity contribution >= 4 is 35.3 Å². The van der Waals surface area contributed by atoms with Gasteiger partial charge >= 0.3 is 0 Å². The van der Waals surface area contributed by atoms with Crippen LogP contribution in [-0.2, 0) is 5.54 Å². The van der Waals surface area contributed by atoms with Crippen LogP contribution in [0, 0.1) is 10.1 Å². The van der Waals surface area contributed by atoms with Gasteiger partial charge in [-0.05, 0) is 69.7 Å². The second-order valence-electron chi connectivity index (χ2n) is 11.2.